The highest BCUT2D eigenvalue weighted by atomic mass is 16.1. The van der Waals surface area contributed by atoms with Crippen LogP contribution in [0, 0.1) is 18.3 Å². The van der Waals surface area contributed by atoms with E-state index in [1.807, 2.05) is 49.0 Å². The van der Waals surface area contributed by atoms with Crippen LogP contribution in [0.4, 0.5) is 11.5 Å². The number of aryl methyl sites for hydroxylation is 1. The van der Waals surface area contributed by atoms with Crippen LogP contribution in [-0.2, 0) is 5.54 Å². The SMILES string of the molecule is CN/C=C\c1c(C=O)c(Nc2ccc(C)cc2)nn1C1(CC#N)CCCC1. The molecule has 1 aromatic carbocycles. The molecule has 1 fully saturated rings. The summed E-state index contributed by atoms with van der Waals surface area (Å²) in [5.41, 5.74) is 2.92. The number of aromatic nitrogens is 2. The van der Waals surface area contributed by atoms with Gasteiger partial charge >= 0.3 is 0 Å². The van der Waals surface area contributed by atoms with Crippen molar-refractivity contribution in [3.8, 4) is 6.07 Å². The summed E-state index contributed by atoms with van der Waals surface area (Å²) in [7, 11) is 1.81. The van der Waals surface area contributed by atoms with Gasteiger partial charge in [-0.25, -0.2) is 0 Å². The number of carbonyl (C=O) groups excluding carboxylic acids is 1. The largest absolute Gasteiger partial charge is 0.394 e. The third-order valence-electron chi connectivity index (χ3n) is 5.19. The number of carbonyl (C=O) groups is 1. The maximum atomic E-state index is 11.9. The van der Waals surface area contributed by atoms with Gasteiger partial charge in [0.15, 0.2) is 12.1 Å². The first-order valence-corrected chi connectivity index (χ1v) is 9.27. The van der Waals surface area contributed by atoms with E-state index in [9.17, 15) is 10.1 Å². The molecule has 0 radical (unpaired) electrons. The van der Waals surface area contributed by atoms with Crippen LogP contribution < -0.4 is 10.6 Å². The first kappa shape index (κ1) is 18.7. The van der Waals surface area contributed by atoms with Crippen LogP contribution in [0.3, 0.4) is 0 Å². The van der Waals surface area contributed by atoms with Crippen molar-refractivity contribution in [3.63, 3.8) is 0 Å². The van der Waals surface area contributed by atoms with Gasteiger partial charge in [-0.1, -0.05) is 30.5 Å². The smallest absolute Gasteiger partial charge is 0.163 e. The molecule has 6 nitrogen and oxygen atoms in total. The van der Waals surface area contributed by atoms with Gasteiger partial charge in [0.2, 0.25) is 0 Å². The van der Waals surface area contributed by atoms with Gasteiger partial charge in [0.1, 0.15) is 0 Å². The molecule has 6 heteroatoms. The average molecular weight is 363 g/mol. The summed E-state index contributed by atoms with van der Waals surface area (Å²) in [5, 5.41) is 20.4. The molecular formula is C21H25N5O. The van der Waals surface area contributed by atoms with E-state index in [0.29, 0.717) is 17.8 Å². The zero-order chi connectivity index (χ0) is 19.3. The summed E-state index contributed by atoms with van der Waals surface area (Å²) >= 11 is 0. The predicted octanol–water partition coefficient (Wildman–Crippen LogP) is 4.12. The third kappa shape index (κ3) is 3.72. The monoisotopic (exact) mass is 363 g/mol. The minimum atomic E-state index is -0.354. The summed E-state index contributed by atoms with van der Waals surface area (Å²) in [6, 6.07) is 10.3. The van der Waals surface area contributed by atoms with Crippen molar-refractivity contribution >= 4 is 23.9 Å². The maximum absolute atomic E-state index is 11.9. The second-order valence-electron chi connectivity index (χ2n) is 7.06. The Kier molecular flexibility index (Phi) is 5.60. The van der Waals surface area contributed by atoms with Crippen LogP contribution in [-0.4, -0.2) is 23.1 Å². The van der Waals surface area contributed by atoms with Crippen LogP contribution >= 0.6 is 0 Å². The Morgan fingerprint density at radius 3 is 2.59 bits per heavy atom. The van der Waals surface area contributed by atoms with Crippen molar-refractivity contribution in [1.82, 2.24) is 15.1 Å². The molecule has 0 spiro atoms. The summed E-state index contributed by atoms with van der Waals surface area (Å²) in [6.45, 7) is 2.03. The number of nitriles is 1. The summed E-state index contributed by atoms with van der Waals surface area (Å²) in [6.07, 6.45) is 8.78. The normalized spacial score (nSPS) is 15.6. The van der Waals surface area contributed by atoms with Crippen molar-refractivity contribution in [2.45, 2.75) is 44.6 Å². The molecule has 0 atom stereocenters. The van der Waals surface area contributed by atoms with E-state index in [2.05, 4.69) is 16.7 Å². The van der Waals surface area contributed by atoms with E-state index in [4.69, 9.17) is 5.10 Å². The fourth-order valence-electron chi connectivity index (χ4n) is 3.75. The molecule has 1 heterocycles. The molecule has 1 saturated carbocycles. The minimum Gasteiger partial charge on any atom is -0.394 e. The van der Waals surface area contributed by atoms with Crippen LogP contribution in [0.15, 0.2) is 30.5 Å². The lowest BCUT2D eigenvalue weighted by atomic mass is 9.93. The van der Waals surface area contributed by atoms with E-state index in [0.717, 1.165) is 43.4 Å². The highest BCUT2D eigenvalue weighted by molar-refractivity contribution is 5.89. The molecule has 1 aromatic heterocycles. The van der Waals surface area contributed by atoms with Crippen molar-refractivity contribution in [2.75, 3.05) is 12.4 Å². The quantitative estimate of drug-likeness (QED) is 0.723. The Balaban J connectivity index is 2.10. The zero-order valence-electron chi connectivity index (χ0n) is 15.8. The van der Waals surface area contributed by atoms with E-state index in [1.165, 1.54) is 5.56 Å². The first-order valence-electron chi connectivity index (χ1n) is 9.27. The molecule has 1 aliphatic rings. The zero-order valence-corrected chi connectivity index (χ0v) is 15.8. The fourth-order valence-corrected chi connectivity index (χ4v) is 3.75. The molecule has 27 heavy (non-hydrogen) atoms. The number of aldehydes is 1. The topological polar surface area (TPSA) is 82.7 Å². The molecule has 1 aliphatic carbocycles. The van der Waals surface area contributed by atoms with Crippen LogP contribution in [0.2, 0.25) is 0 Å². The molecule has 0 aliphatic heterocycles. The number of anilines is 2. The van der Waals surface area contributed by atoms with Crippen LogP contribution in [0.1, 0.15) is 53.7 Å². The first-order chi connectivity index (χ1) is 13.1. The van der Waals surface area contributed by atoms with E-state index in [1.54, 1.807) is 6.20 Å². The Morgan fingerprint density at radius 2 is 2.00 bits per heavy atom. The average Bonchev–Trinajstić information content (AvgIpc) is 3.27. The second kappa shape index (κ2) is 8.09. The van der Waals surface area contributed by atoms with E-state index < -0.39 is 0 Å². The predicted molar refractivity (Wildman–Crippen MR) is 107 cm³/mol. The highest BCUT2D eigenvalue weighted by Crippen LogP contribution is 2.41. The van der Waals surface area contributed by atoms with Gasteiger partial charge < -0.3 is 10.6 Å². The lowest BCUT2D eigenvalue weighted by Crippen LogP contribution is -2.32. The van der Waals surface area contributed by atoms with E-state index >= 15 is 0 Å². The van der Waals surface area contributed by atoms with Gasteiger partial charge in [-0.05, 0) is 44.2 Å². The maximum Gasteiger partial charge on any atom is 0.163 e. The van der Waals surface area contributed by atoms with Gasteiger partial charge in [0.25, 0.3) is 0 Å². The minimum absolute atomic E-state index is 0.354. The molecular weight excluding hydrogens is 338 g/mol. The van der Waals surface area contributed by atoms with Crippen molar-refractivity contribution in [2.24, 2.45) is 0 Å². The number of nitrogens with zero attached hydrogens (tertiary/aromatic N) is 3. The molecule has 0 saturated heterocycles. The lowest BCUT2D eigenvalue weighted by molar-refractivity contribution is 0.112. The van der Waals surface area contributed by atoms with Crippen molar-refractivity contribution in [3.05, 3.63) is 47.3 Å². The van der Waals surface area contributed by atoms with Gasteiger partial charge in [-0.15, -0.1) is 0 Å². The van der Waals surface area contributed by atoms with Gasteiger partial charge in [0, 0.05) is 12.7 Å². The second-order valence-corrected chi connectivity index (χ2v) is 7.06. The Morgan fingerprint density at radius 1 is 1.30 bits per heavy atom. The number of hydrogen-bond donors (Lipinski definition) is 2. The number of hydrogen-bond acceptors (Lipinski definition) is 5. The van der Waals surface area contributed by atoms with Crippen molar-refractivity contribution < 1.29 is 4.79 Å². The summed E-state index contributed by atoms with van der Waals surface area (Å²) in [5.74, 6) is 0.522. The van der Waals surface area contributed by atoms with E-state index in [-0.39, 0.29) is 5.54 Å². The number of rotatable bonds is 7. The lowest BCUT2D eigenvalue weighted by Gasteiger charge is -2.28. The Hall–Kier alpha value is -3.07. The van der Waals surface area contributed by atoms with Gasteiger partial charge in [-0.2, -0.15) is 10.4 Å². The standard InChI is InChI=1S/C21H25N5O/c1-16-5-7-17(8-6-16)24-20-18(15-27)19(9-14-23-2)26(25-20)21(12-13-22)10-3-4-11-21/h5-9,14-15,23H,3-4,10-12H2,1-2H3,(H,24,25)/b14-9-. The molecule has 3 rings (SSSR count). The number of benzene rings is 1. The van der Waals surface area contributed by atoms with Crippen molar-refractivity contribution in [1.29, 1.82) is 5.26 Å². The third-order valence-corrected chi connectivity index (χ3v) is 5.19. The fraction of sp³-hybridized carbons (Fsp3) is 0.381. The Bertz CT molecular complexity index is 867. The molecule has 140 valence electrons. The van der Waals surface area contributed by atoms with Gasteiger partial charge in [-0.3, -0.25) is 9.48 Å². The molecule has 0 amide bonds. The molecule has 2 N–H and O–H groups in total. The summed E-state index contributed by atoms with van der Waals surface area (Å²) < 4.78 is 1.90. The van der Waals surface area contributed by atoms with Crippen LogP contribution in [0.25, 0.3) is 6.08 Å². The highest BCUT2D eigenvalue weighted by Gasteiger charge is 2.39. The Labute approximate surface area is 159 Å². The van der Waals surface area contributed by atoms with Gasteiger partial charge in [0.05, 0.1) is 29.3 Å². The molecule has 2 aromatic rings. The molecule has 0 unspecified atom stereocenters. The number of nitrogens with one attached hydrogen (secondary N) is 2. The van der Waals surface area contributed by atoms with Crippen LogP contribution in [0.5, 0.6) is 0 Å². The summed E-state index contributed by atoms with van der Waals surface area (Å²) in [4.78, 5) is 11.9. The molecule has 0 bridgehead atoms.